The third kappa shape index (κ3) is 4.52. The van der Waals surface area contributed by atoms with Gasteiger partial charge in [0.1, 0.15) is 0 Å². The average Bonchev–Trinajstić information content (AvgIpc) is 2.51. The Kier molecular flexibility index (Phi) is 5.47. The van der Waals surface area contributed by atoms with Crippen molar-refractivity contribution in [1.29, 1.82) is 0 Å². The zero-order chi connectivity index (χ0) is 17.7. The molecule has 0 atom stereocenters. The van der Waals surface area contributed by atoms with Gasteiger partial charge in [-0.3, -0.25) is 15.1 Å². The molecule has 0 saturated heterocycles. The van der Waals surface area contributed by atoms with Crippen LogP contribution < -0.4 is 10.6 Å². The second kappa shape index (κ2) is 7.54. The Balaban J connectivity index is 1.93. The second-order valence-electron chi connectivity index (χ2n) is 5.65. The summed E-state index contributed by atoms with van der Waals surface area (Å²) in [6, 6.07) is 6.57. The van der Waals surface area contributed by atoms with E-state index in [1.54, 1.807) is 26.1 Å². The number of rotatable bonds is 5. The number of urea groups is 1. The molecule has 0 aliphatic heterocycles. The second-order valence-corrected chi connectivity index (χ2v) is 5.65. The highest BCUT2D eigenvalue weighted by molar-refractivity contribution is 5.90. The number of pyridine rings is 1. The number of nitrogens with zero attached hydrogens (tertiary/aromatic N) is 2. The minimum Gasteiger partial charge on any atom is -0.338 e. The van der Waals surface area contributed by atoms with Crippen molar-refractivity contribution in [2.75, 3.05) is 11.9 Å². The first-order chi connectivity index (χ1) is 11.4. The molecule has 0 aliphatic rings. The van der Waals surface area contributed by atoms with Gasteiger partial charge in [0, 0.05) is 30.1 Å². The highest BCUT2D eigenvalue weighted by Gasteiger charge is 2.14. The molecule has 0 bridgehead atoms. The van der Waals surface area contributed by atoms with Crippen molar-refractivity contribution >= 4 is 17.4 Å². The van der Waals surface area contributed by atoms with Gasteiger partial charge in [-0.1, -0.05) is 6.07 Å². The van der Waals surface area contributed by atoms with Crippen molar-refractivity contribution in [3.8, 4) is 0 Å². The average molecular weight is 328 g/mol. The van der Waals surface area contributed by atoms with Gasteiger partial charge in [0.05, 0.1) is 10.6 Å². The lowest BCUT2D eigenvalue weighted by atomic mass is 10.1. The van der Waals surface area contributed by atoms with Crippen LogP contribution in [0.1, 0.15) is 22.4 Å². The summed E-state index contributed by atoms with van der Waals surface area (Å²) >= 11 is 0. The number of hydrogen-bond donors (Lipinski definition) is 2. The maximum atomic E-state index is 12.0. The molecule has 0 radical (unpaired) electrons. The van der Waals surface area contributed by atoms with E-state index in [1.165, 1.54) is 6.07 Å². The van der Waals surface area contributed by atoms with Crippen molar-refractivity contribution in [3.63, 3.8) is 0 Å². The zero-order valence-electron chi connectivity index (χ0n) is 13.9. The third-order valence-electron chi connectivity index (χ3n) is 3.66. The lowest BCUT2D eigenvalue weighted by Crippen LogP contribution is -2.30. The molecule has 0 fully saturated rings. The van der Waals surface area contributed by atoms with E-state index < -0.39 is 11.0 Å². The van der Waals surface area contributed by atoms with Crippen LogP contribution in [0.25, 0.3) is 0 Å². The highest BCUT2D eigenvalue weighted by atomic mass is 16.6. The highest BCUT2D eigenvalue weighted by Crippen LogP contribution is 2.26. The molecule has 24 heavy (non-hydrogen) atoms. The molecule has 7 nitrogen and oxygen atoms in total. The molecule has 2 rings (SSSR count). The van der Waals surface area contributed by atoms with Crippen LogP contribution in [0.3, 0.4) is 0 Å². The molecular weight excluding hydrogens is 308 g/mol. The number of carbonyl (C=O) groups excluding carboxylic acids is 1. The van der Waals surface area contributed by atoms with E-state index in [0.717, 1.165) is 16.8 Å². The van der Waals surface area contributed by atoms with E-state index in [9.17, 15) is 14.9 Å². The van der Waals surface area contributed by atoms with Crippen LogP contribution in [0.4, 0.5) is 16.2 Å². The molecule has 126 valence electrons. The van der Waals surface area contributed by atoms with Gasteiger partial charge in [-0.2, -0.15) is 0 Å². The summed E-state index contributed by atoms with van der Waals surface area (Å²) in [4.78, 5) is 26.7. The number of aromatic nitrogens is 1. The van der Waals surface area contributed by atoms with E-state index in [0.29, 0.717) is 24.2 Å². The quantitative estimate of drug-likeness (QED) is 0.650. The number of nitrogens with one attached hydrogen (secondary N) is 2. The maximum Gasteiger partial charge on any atom is 0.319 e. The topological polar surface area (TPSA) is 97.2 Å². The Morgan fingerprint density at radius 1 is 1.21 bits per heavy atom. The molecule has 1 aromatic carbocycles. The summed E-state index contributed by atoms with van der Waals surface area (Å²) in [5.74, 6) is 0. The number of amides is 2. The van der Waals surface area contributed by atoms with Gasteiger partial charge in [-0.05, 0) is 50.5 Å². The summed E-state index contributed by atoms with van der Waals surface area (Å²) in [7, 11) is 0. The predicted molar refractivity (Wildman–Crippen MR) is 92.3 cm³/mol. The van der Waals surface area contributed by atoms with Crippen molar-refractivity contribution in [1.82, 2.24) is 10.3 Å². The number of hydrogen-bond acceptors (Lipinski definition) is 4. The SMILES string of the molecule is Cc1ccc(CCNC(=O)Nc2cc([N+](=O)[O-])c(C)cc2C)cn1. The monoisotopic (exact) mass is 328 g/mol. The smallest absolute Gasteiger partial charge is 0.319 e. The number of carbonyl (C=O) groups is 1. The first kappa shape index (κ1) is 17.4. The van der Waals surface area contributed by atoms with E-state index >= 15 is 0 Å². The summed E-state index contributed by atoms with van der Waals surface area (Å²) in [6.45, 7) is 5.83. The fourth-order valence-corrected chi connectivity index (χ4v) is 2.31. The van der Waals surface area contributed by atoms with E-state index in [2.05, 4.69) is 15.6 Å². The van der Waals surface area contributed by atoms with Crippen LogP contribution in [0.2, 0.25) is 0 Å². The summed E-state index contributed by atoms with van der Waals surface area (Å²) < 4.78 is 0. The van der Waals surface area contributed by atoms with E-state index in [4.69, 9.17) is 0 Å². The van der Waals surface area contributed by atoms with Gasteiger partial charge >= 0.3 is 6.03 Å². The molecule has 2 N–H and O–H groups in total. The molecule has 0 saturated carbocycles. The van der Waals surface area contributed by atoms with Gasteiger partial charge < -0.3 is 10.6 Å². The lowest BCUT2D eigenvalue weighted by molar-refractivity contribution is -0.385. The fraction of sp³-hybridized carbons (Fsp3) is 0.294. The van der Waals surface area contributed by atoms with Crippen molar-refractivity contribution < 1.29 is 9.72 Å². The van der Waals surface area contributed by atoms with Crippen molar-refractivity contribution in [2.45, 2.75) is 27.2 Å². The molecule has 2 amide bonds. The summed E-state index contributed by atoms with van der Waals surface area (Å²) in [5.41, 5.74) is 3.73. The molecule has 1 heterocycles. The lowest BCUT2D eigenvalue weighted by Gasteiger charge is -2.11. The molecule has 0 unspecified atom stereocenters. The van der Waals surface area contributed by atoms with Crippen LogP contribution in [0, 0.1) is 30.9 Å². The molecule has 2 aromatic rings. The number of anilines is 1. The van der Waals surface area contributed by atoms with Crippen LogP contribution in [0.5, 0.6) is 0 Å². The maximum absolute atomic E-state index is 12.0. The Labute approximate surface area is 140 Å². The van der Waals surface area contributed by atoms with Gasteiger partial charge in [-0.25, -0.2) is 4.79 Å². The van der Waals surface area contributed by atoms with Gasteiger partial charge in [0.25, 0.3) is 5.69 Å². The summed E-state index contributed by atoms with van der Waals surface area (Å²) in [5, 5.41) is 16.4. The number of nitro benzene ring substituents is 1. The fourth-order valence-electron chi connectivity index (χ4n) is 2.31. The molecule has 0 spiro atoms. The van der Waals surface area contributed by atoms with Gasteiger partial charge in [-0.15, -0.1) is 0 Å². The number of aryl methyl sites for hydroxylation is 3. The van der Waals surface area contributed by atoms with Crippen LogP contribution >= 0.6 is 0 Å². The zero-order valence-corrected chi connectivity index (χ0v) is 13.9. The molecule has 7 heteroatoms. The van der Waals surface area contributed by atoms with Crippen molar-refractivity contribution in [3.05, 3.63) is 63.0 Å². The Hall–Kier alpha value is -2.96. The normalized spacial score (nSPS) is 10.3. The van der Waals surface area contributed by atoms with Gasteiger partial charge in [0.15, 0.2) is 0 Å². The Morgan fingerprint density at radius 3 is 2.58 bits per heavy atom. The van der Waals surface area contributed by atoms with Crippen LogP contribution in [0.15, 0.2) is 30.5 Å². The van der Waals surface area contributed by atoms with Gasteiger partial charge in [0.2, 0.25) is 0 Å². The Morgan fingerprint density at radius 2 is 1.96 bits per heavy atom. The van der Waals surface area contributed by atoms with Crippen LogP contribution in [-0.4, -0.2) is 22.5 Å². The number of benzene rings is 1. The minimum absolute atomic E-state index is 0.0124. The predicted octanol–water partition coefficient (Wildman–Crippen LogP) is 3.28. The molecule has 0 aliphatic carbocycles. The standard InChI is InChI=1S/C17H20N4O3/c1-11-8-12(2)16(21(23)24)9-15(11)20-17(22)18-7-6-14-5-4-13(3)19-10-14/h4-5,8-10H,6-7H2,1-3H3,(H2,18,20,22). The van der Waals surface area contributed by atoms with E-state index in [-0.39, 0.29) is 5.69 Å². The summed E-state index contributed by atoms with van der Waals surface area (Å²) in [6.07, 6.45) is 2.44. The first-order valence-electron chi connectivity index (χ1n) is 7.59. The Bertz CT molecular complexity index is 757. The molecular formula is C17H20N4O3. The van der Waals surface area contributed by atoms with Crippen molar-refractivity contribution in [2.24, 2.45) is 0 Å². The van der Waals surface area contributed by atoms with Crippen LogP contribution in [-0.2, 0) is 6.42 Å². The minimum atomic E-state index is -0.456. The third-order valence-corrected chi connectivity index (χ3v) is 3.66. The number of nitro groups is 1. The largest absolute Gasteiger partial charge is 0.338 e. The molecule has 1 aromatic heterocycles. The van der Waals surface area contributed by atoms with E-state index in [1.807, 2.05) is 19.1 Å². The first-order valence-corrected chi connectivity index (χ1v) is 7.59.